The van der Waals surface area contributed by atoms with E-state index in [0.717, 1.165) is 5.56 Å². The monoisotopic (exact) mass is 324 g/mol. The second kappa shape index (κ2) is 6.70. The van der Waals surface area contributed by atoms with Gasteiger partial charge in [-0.25, -0.2) is 4.72 Å². The number of rotatable bonds is 6. The highest BCUT2D eigenvalue weighted by atomic mass is 32.2. The topological polar surface area (TPSA) is 49.4 Å². The fraction of sp³-hybridized carbons (Fsp3) is 0.333. The average molecular weight is 324 g/mol. The second-order valence-corrected chi connectivity index (χ2v) is 7.79. The molecule has 0 saturated carbocycles. The molecule has 0 fully saturated rings. The van der Waals surface area contributed by atoms with Gasteiger partial charge >= 0.3 is 0 Å². The Kier molecular flexibility index (Phi) is 5.16. The standard InChI is InChI=1S/C15H20N2O2S2/c1-12(10-17(3)21(18,19)16-2)13-4-6-14(7-5-13)15-8-9-20-11-15/h4-9,11-12,16H,10H2,1-3H3. The molecule has 2 rings (SSSR count). The molecule has 1 N–H and O–H groups in total. The van der Waals surface area contributed by atoms with E-state index in [1.807, 2.05) is 6.92 Å². The maximum absolute atomic E-state index is 11.7. The van der Waals surface area contributed by atoms with E-state index in [2.05, 4.69) is 45.8 Å². The molecule has 1 aromatic heterocycles. The summed E-state index contributed by atoms with van der Waals surface area (Å²) in [6.45, 7) is 2.47. The van der Waals surface area contributed by atoms with Crippen LogP contribution in [0.2, 0.25) is 0 Å². The fourth-order valence-corrected chi connectivity index (χ4v) is 3.57. The predicted octanol–water partition coefficient (Wildman–Crippen LogP) is 2.91. The summed E-state index contributed by atoms with van der Waals surface area (Å²) >= 11 is 1.68. The van der Waals surface area contributed by atoms with Crippen molar-refractivity contribution in [3.05, 3.63) is 46.7 Å². The summed E-state index contributed by atoms with van der Waals surface area (Å²) in [6.07, 6.45) is 0. The largest absolute Gasteiger partial charge is 0.278 e. The summed E-state index contributed by atoms with van der Waals surface area (Å²) in [5.41, 5.74) is 3.53. The van der Waals surface area contributed by atoms with Crippen molar-refractivity contribution in [2.24, 2.45) is 0 Å². The summed E-state index contributed by atoms with van der Waals surface area (Å²) in [5, 5.41) is 4.18. The van der Waals surface area contributed by atoms with Crippen molar-refractivity contribution in [2.75, 3.05) is 20.6 Å². The molecular weight excluding hydrogens is 304 g/mol. The van der Waals surface area contributed by atoms with Crippen LogP contribution in [0.15, 0.2) is 41.1 Å². The van der Waals surface area contributed by atoms with E-state index in [4.69, 9.17) is 0 Å². The van der Waals surface area contributed by atoms with Gasteiger partial charge in [0, 0.05) is 20.6 Å². The van der Waals surface area contributed by atoms with E-state index >= 15 is 0 Å². The molecule has 2 aromatic rings. The molecule has 0 aliphatic heterocycles. The number of benzene rings is 1. The third kappa shape index (κ3) is 3.91. The van der Waals surface area contributed by atoms with E-state index in [0.29, 0.717) is 6.54 Å². The van der Waals surface area contributed by atoms with Crippen molar-refractivity contribution < 1.29 is 8.42 Å². The van der Waals surface area contributed by atoms with Gasteiger partial charge in [-0.15, -0.1) is 0 Å². The lowest BCUT2D eigenvalue weighted by atomic mass is 9.98. The van der Waals surface area contributed by atoms with Gasteiger partial charge in [0.1, 0.15) is 0 Å². The lowest BCUT2D eigenvalue weighted by Gasteiger charge is -2.21. The highest BCUT2D eigenvalue weighted by Gasteiger charge is 2.18. The average Bonchev–Trinajstić information content (AvgIpc) is 3.01. The Balaban J connectivity index is 2.08. The Morgan fingerprint density at radius 2 is 1.86 bits per heavy atom. The third-order valence-electron chi connectivity index (χ3n) is 3.53. The van der Waals surface area contributed by atoms with Crippen LogP contribution >= 0.6 is 11.3 Å². The molecule has 1 aromatic carbocycles. The van der Waals surface area contributed by atoms with Gasteiger partial charge in [0.2, 0.25) is 0 Å². The first-order valence-corrected chi connectivity index (χ1v) is 9.09. The molecule has 0 aliphatic carbocycles. The first-order chi connectivity index (χ1) is 9.94. The molecule has 1 atom stereocenters. The zero-order valence-corrected chi connectivity index (χ0v) is 14.0. The lowest BCUT2D eigenvalue weighted by Crippen LogP contribution is -2.38. The van der Waals surface area contributed by atoms with Crippen molar-refractivity contribution in [1.29, 1.82) is 0 Å². The summed E-state index contributed by atoms with van der Waals surface area (Å²) in [7, 11) is -0.352. The number of likely N-dealkylation sites (N-methyl/N-ethyl adjacent to an activating group) is 1. The van der Waals surface area contributed by atoms with Crippen molar-refractivity contribution in [2.45, 2.75) is 12.8 Å². The Labute approximate surface area is 130 Å². The van der Waals surface area contributed by atoms with Crippen LogP contribution in [-0.2, 0) is 10.2 Å². The first kappa shape index (κ1) is 16.2. The van der Waals surface area contributed by atoms with E-state index in [1.54, 1.807) is 18.4 Å². The molecule has 0 bridgehead atoms. The lowest BCUT2D eigenvalue weighted by molar-refractivity contribution is 0.440. The van der Waals surface area contributed by atoms with Gasteiger partial charge in [0.15, 0.2) is 0 Å². The van der Waals surface area contributed by atoms with Gasteiger partial charge in [-0.1, -0.05) is 31.2 Å². The molecular formula is C15H20N2O2S2. The van der Waals surface area contributed by atoms with Crippen LogP contribution in [0.3, 0.4) is 0 Å². The summed E-state index contributed by atoms with van der Waals surface area (Å²) in [4.78, 5) is 0. The number of nitrogens with zero attached hydrogens (tertiary/aromatic N) is 1. The Hall–Kier alpha value is -1.21. The van der Waals surface area contributed by atoms with E-state index in [-0.39, 0.29) is 5.92 Å². The SMILES string of the molecule is CNS(=O)(=O)N(C)CC(C)c1ccc(-c2ccsc2)cc1. The van der Waals surface area contributed by atoms with Gasteiger partial charge in [-0.2, -0.15) is 24.1 Å². The van der Waals surface area contributed by atoms with Gasteiger partial charge in [-0.05, 0) is 39.4 Å². The maximum Gasteiger partial charge on any atom is 0.278 e. The van der Waals surface area contributed by atoms with Crippen LogP contribution in [0.5, 0.6) is 0 Å². The van der Waals surface area contributed by atoms with Gasteiger partial charge in [0.05, 0.1) is 0 Å². The number of hydrogen-bond donors (Lipinski definition) is 1. The minimum Gasteiger partial charge on any atom is -0.205 e. The van der Waals surface area contributed by atoms with Crippen LogP contribution in [0, 0.1) is 0 Å². The van der Waals surface area contributed by atoms with Gasteiger partial charge in [-0.3, -0.25) is 0 Å². The molecule has 1 unspecified atom stereocenters. The van der Waals surface area contributed by atoms with Gasteiger partial charge < -0.3 is 0 Å². The molecule has 0 amide bonds. The molecule has 21 heavy (non-hydrogen) atoms. The van der Waals surface area contributed by atoms with E-state index < -0.39 is 10.2 Å². The summed E-state index contributed by atoms with van der Waals surface area (Å²) < 4.78 is 27.0. The molecule has 114 valence electrons. The van der Waals surface area contributed by atoms with Crippen LogP contribution in [0.4, 0.5) is 0 Å². The summed E-state index contributed by atoms with van der Waals surface area (Å²) in [6, 6.07) is 10.4. The second-order valence-electron chi connectivity index (χ2n) is 5.02. The Bertz CT molecular complexity index is 664. The zero-order valence-electron chi connectivity index (χ0n) is 12.4. The molecule has 0 aliphatic rings. The van der Waals surface area contributed by atoms with Crippen LogP contribution in [-0.4, -0.2) is 33.4 Å². The highest BCUT2D eigenvalue weighted by Crippen LogP contribution is 2.25. The van der Waals surface area contributed by atoms with Crippen molar-refractivity contribution >= 4 is 21.5 Å². The number of hydrogen-bond acceptors (Lipinski definition) is 3. The van der Waals surface area contributed by atoms with Crippen molar-refractivity contribution in [3.63, 3.8) is 0 Å². The minimum absolute atomic E-state index is 0.134. The Morgan fingerprint density at radius 1 is 1.19 bits per heavy atom. The molecule has 0 saturated heterocycles. The molecule has 0 radical (unpaired) electrons. The first-order valence-electron chi connectivity index (χ1n) is 6.71. The van der Waals surface area contributed by atoms with Crippen molar-refractivity contribution in [3.8, 4) is 11.1 Å². The molecule has 0 spiro atoms. The predicted molar refractivity (Wildman–Crippen MR) is 88.8 cm³/mol. The van der Waals surface area contributed by atoms with Gasteiger partial charge in [0.25, 0.3) is 10.2 Å². The molecule has 6 heteroatoms. The quantitative estimate of drug-likeness (QED) is 0.888. The van der Waals surface area contributed by atoms with E-state index in [1.165, 1.54) is 22.5 Å². The maximum atomic E-state index is 11.7. The minimum atomic E-state index is -3.36. The molecule has 1 heterocycles. The van der Waals surface area contributed by atoms with E-state index in [9.17, 15) is 8.42 Å². The summed E-state index contributed by atoms with van der Waals surface area (Å²) in [5.74, 6) is 0.134. The number of thiophene rings is 1. The van der Waals surface area contributed by atoms with Crippen LogP contribution < -0.4 is 4.72 Å². The van der Waals surface area contributed by atoms with Crippen LogP contribution in [0.1, 0.15) is 18.4 Å². The smallest absolute Gasteiger partial charge is 0.205 e. The Morgan fingerprint density at radius 3 is 2.38 bits per heavy atom. The van der Waals surface area contributed by atoms with Crippen LogP contribution in [0.25, 0.3) is 11.1 Å². The third-order valence-corrected chi connectivity index (χ3v) is 5.70. The number of nitrogens with one attached hydrogen (secondary N) is 1. The molecule has 4 nitrogen and oxygen atoms in total. The normalized spacial score (nSPS) is 13.5. The zero-order chi connectivity index (χ0) is 15.5. The van der Waals surface area contributed by atoms with Crippen molar-refractivity contribution in [1.82, 2.24) is 9.03 Å². The highest BCUT2D eigenvalue weighted by molar-refractivity contribution is 7.87. The fourth-order valence-electron chi connectivity index (χ4n) is 2.18.